The maximum absolute atomic E-state index is 13.3. The van der Waals surface area contributed by atoms with Gasteiger partial charge in [0.05, 0.1) is 18.2 Å². The number of carbonyl (C=O) groups excluding carboxylic acids is 1. The molecule has 0 bridgehead atoms. The lowest BCUT2D eigenvalue weighted by atomic mass is 10.0. The minimum absolute atomic E-state index is 0.160. The fourth-order valence-electron chi connectivity index (χ4n) is 3.23. The normalized spacial score (nSPS) is 14.6. The van der Waals surface area contributed by atoms with Crippen molar-refractivity contribution in [3.63, 3.8) is 0 Å². The van der Waals surface area contributed by atoms with Gasteiger partial charge in [0.15, 0.2) is 6.19 Å². The molecule has 2 N–H and O–H groups in total. The Bertz CT molecular complexity index is 914. The molecule has 142 valence electrons. The Morgan fingerprint density at radius 1 is 1.14 bits per heavy atom. The lowest BCUT2D eigenvalue weighted by Crippen LogP contribution is -2.53. The van der Waals surface area contributed by atoms with E-state index in [4.69, 9.17) is 5.26 Å². The predicted molar refractivity (Wildman–Crippen MR) is 104 cm³/mol. The summed E-state index contributed by atoms with van der Waals surface area (Å²) >= 11 is 0. The number of hydrazine groups is 1. The Hall–Kier alpha value is -3.71. The van der Waals surface area contributed by atoms with Gasteiger partial charge in [-0.05, 0) is 48.7 Å². The molecule has 2 aromatic rings. The fraction of sp³-hybridized carbons (Fsp3) is 0.286. The number of hydrogen-bond donors (Lipinski definition) is 2. The molecule has 1 amide bonds. The van der Waals surface area contributed by atoms with Gasteiger partial charge in [-0.1, -0.05) is 18.2 Å². The monoisotopic (exact) mass is 375 g/mol. The average molecular weight is 375 g/mol. The summed E-state index contributed by atoms with van der Waals surface area (Å²) in [5, 5.41) is 34.1. The van der Waals surface area contributed by atoms with E-state index >= 15 is 0 Å². The van der Waals surface area contributed by atoms with Crippen LogP contribution in [0.2, 0.25) is 0 Å². The summed E-state index contributed by atoms with van der Waals surface area (Å²) < 4.78 is 0. The first-order chi connectivity index (χ1) is 13.6. The van der Waals surface area contributed by atoms with Crippen LogP contribution in [-0.4, -0.2) is 40.2 Å². The van der Waals surface area contributed by atoms with Gasteiger partial charge in [-0.2, -0.15) is 10.5 Å². The molecular weight excluding hydrogens is 354 g/mol. The molecule has 1 saturated heterocycles. The maximum atomic E-state index is 13.3. The van der Waals surface area contributed by atoms with E-state index < -0.39 is 6.04 Å². The van der Waals surface area contributed by atoms with Crippen molar-refractivity contribution in [3.05, 3.63) is 59.7 Å². The average Bonchev–Trinajstić information content (AvgIpc) is 2.74. The largest absolute Gasteiger partial charge is 0.508 e. The minimum Gasteiger partial charge on any atom is -0.508 e. The molecule has 1 fully saturated rings. The molecule has 0 saturated carbocycles. The van der Waals surface area contributed by atoms with E-state index in [-0.39, 0.29) is 11.7 Å². The van der Waals surface area contributed by atoms with Crippen molar-refractivity contribution in [3.8, 4) is 18.0 Å². The Kier molecular flexibility index (Phi) is 5.98. The van der Waals surface area contributed by atoms with Crippen molar-refractivity contribution in [2.24, 2.45) is 0 Å². The van der Waals surface area contributed by atoms with Crippen LogP contribution in [0.15, 0.2) is 48.5 Å². The summed E-state index contributed by atoms with van der Waals surface area (Å²) in [5.41, 5.74) is 2.04. The van der Waals surface area contributed by atoms with Crippen molar-refractivity contribution >= 4 is 11.6 Å². The Balaban J connectivity index is 1.86. The van der Waals surface area contributed by atoms with E-state index in [1.165, 1.54) is 10.0 Å². The van der Waals surface area contributed by atoms with Crippen LogP contribution >= 0.6 is 0 Å². The standard InChI is InChI=1S/C21H21N5O2/c22-14-17-4-3-5-18(12-17)24-20(13-16-6-8-19(27)9-7-16)21(28)26-11-2-1-10-25(26)15-23/h3-9,12,20,24,27H,1-2,10-11,13H2. The predicted octanol–water partition coefficient (Wildman–Crippen LogP) is 2.61. The molecule has 2 aromatic carbocycles. The van der Waals surface area contributed by atoms with Crippen LogP contribution in [0, 0.1) is 22.8 Å². The van der Waals surface area contributed by atoms with Gasteiger partial charge in [0, 0.05) is 18.7 Å². The molecule has 28 heavy (non-hydrogen) atoms. The van der Waals surface area contributed by atoms with Crippen LogP contribution in [-0.2, 0) is 11.2 Å². The third-order valence-electron chi connectivity index (χ3n) is 4.66. The zero-order chi connectivity index (χ0) is 19.9. The van der Waals surface area contributed by atoms with Crippen LogP contribution < -0.4 is 5.32 Å². The van der Waals surface area contributed by atoms with Crippen LogP contribution in [0.4, 0.5) is 5.69 Å². The Morgan fingerprint density at radius 2 is 1.89 bits per heavy atom. The molecule has 7 nitrogen and oxygen atoms in total. The molecule has 1 heterocycles. The van der Waals surface area contributed by atoms with E-state index in [1.807, 2.05) is 0 Å². The highest BCUT2D eigenvalue weighted by atomic mass is 16.3. The first-order valence-electron chi connectivity index (χ1n) is 9.14. The number of benzene rings is 2. The first kappa shape index (κ1) is 19.1. The molecule has 1 aliphatic rings. The molecule has 1 unspecified atom stereocenters. The third-order valence-corrected chi connectivity index (χ3v) is 4.66. The summed E-state index contributed by atoms with van der Waals surface area (Å²) in [5.74, 6) is -0.0373. The molecule has 3 rings (SSSR count). The number of amides is 1. The van der Waals surface area contributed by atoms with E-state index in [2.05, 4.69) is 17.6 Å². The number of hydrogen-bond acceptors (Lipinski definition) is 6. The number of anilines is 1. The highest BCUT2D eigenvalue weighted by molar-refractivity contribution is 5.85. The molecule has 1 atom stereocenters. The summed E-state index contributed by atoms with van der Waals surface area (Å²) in [7, 11) is 0. The zero-order valence-electron chi connectivity index (χ0n) is 15.4. The smallest absolute Gasteiger partial charge is 0.264 e. The van der Waals surface area contributed by atoms with Gasteiger partial charge in [0.1, 0.15) is 11.8 Å². The lowest BCUT2D eigenvalue weighted by molar-refractivity contribution is -0.147. The Labute approximate surface area is 164 Å². The van der Waals surface area contributed by atoms with Gasteiger partial charge >= 0.3 is 0 Å². The van der Waals surface area contributed by atoms with Crippen LogP contribution in [0.3, 0.4) is 0 Å². The second-order valence-corrected chi connectivity index (χ2v) is 6.65. The number of aromatic hydroxyl groups is 1. The summed E-state index contributed by atoms with van der Waals surface area (Å²) in [6.45, 7) is 1.02. The molecule has 0 aliphatic carbocycles. The van der Waals surface area contributed by atoms with Crippen molar-refractivity contribution in [1.82, 2.24) is 10.0 Å². The first-order valence-corrected chi connectivity index (χ1v) is 9.14. The van der Waals surface area contributed by atoms with Gasteiger partial charge in [-0.15, -0.1) is 0 Å². The second-order valence-electron chi connectivity index (χ2n) is 6.65. The van der Waals surface area contributed by atoms with Crippen LogP contribution in [0.1, 0.15) is 24.0 Å². The van der Waals surface area contributed by atoms with Crippen LogP contribution in [0.5, 0.6) is 5.75 Å². The number of nitriles is 2. The van der Waals surface area contributed by atoms with E-state index in [0.717, 1.165) is 18.4 Å². The van der Waals surface area contributed by atoms with Gasteiger partial charge in [-0.25, -0.2) is 10.0 Å². The number of nitrogens with zero attached hydrogens (tertiary/aromatic N) is 4. The molecular formula is C21H21N5O2. The number of phenolic OH excluding ortho intramolecular Hbond substituents is 1. The number of phenols is 1. The summed E-state index contributed by atoms with van der Waals surface area (Å²) in [4.78, 5) is 13.3. The number of nitrogens with one attached hydrogen (secondary N) is 1. The topological polar surface area (TPSA) is 103 Å². The van der Waals surface area contributed by atoms with Crippen LogP contribution in [0.25, 0.3) is 0 Å². The van der Waals surface area contributed by atoms with E-state index in [0.29, 0.717) is 30.8 Å². The van der Waals surface area contributed by atoms with Gasteiger partial charge in [0.2, 0.25) is 0 Å². The highest BCUT2D eigenvalue weighted by Gasteiger charge is 2.30. The van der Waals surface area contributed by atoms with E-state index in [9.17, 15) is 15.2 Å². The molecule has 0 aromatic heterocycles. The number of rotatable bonds is 5. The van der Waals surface area contributed by atoms with E-state index in [1.54, 1.807) is 48.5 Å². The minimum atomic E-state index is -0.618. The molecule has 0 spiro atoms. The lowest BCUT2D eigenvalue weighted by Gasteiger charge is -2.37. The fourth-order valence-corrected chi connectivity index (χ4v) is 3.23. The SMILES string of the molecule is N#Cc1cccc(NC(Cc2ccc(O)cc2)C(=O)N2CCCCN2C#N)c1. The summed E-state index contributed by atoms with van der Waals surface area (Å²) in [6.07, 6.45) is 4.18. The van der Waals surface area contributed by atoms with Crippen molar-refractivity contribution < 1.29 is 9.90 Å². The second kappa shape index (κ2) is 8.79. The highest BCUT2D eigenvalue weighted by Crippen LogP contribution is 2.19. The third kappa shape index (κ3) is 4.52. The van der Waals surface area contributed by atoms with Gasteiger partial charge in [-0.3, -0.25) is 4.79 Å². The quantitative estimate of drug-likeness (QED) is 0.779. The molecule has 0 radical (unpaired) electrons. The van der Waals surface area contributed by atoms with Crippen molar-refractivity contribution in [1.29, 1.82) is 10.5 Å². The maximum Gasteiger partial charge on any atom is 0.264 e. The molecule has 1 aliphatic heterocycles. The Morgan fingerprint density at radius 3 is 2.61 bits per heavy atom. The van der Waals surface area contributed by atoms with Crippen molar-refractivity contribution in [2.75, 3.05) is 18.4 Å². The zero-order valence-corrected chi connectivity index (χ0v) is 15.4. The van der Waals surface area contributed by atoms with Gasteiger partial charge in [0.25, 0.3) is 5.91 Å². The van der Waals surface area contributed by atoms with Gasteiger partial charge < -0.3 is 10.4 Å². The van der Waals surface area contributed by atoms with Crippen molar-refractivity contribution in [2.45, 2.75) is 25.3 Å². The summed E-state index contributed by atoms with van der Waals surface area (Å²) in [6, 6.07) is 15.1. The molecule has 7 heteroatoms. The number of carbonyl (C=O) groups is 1.